The van der Waals surface area contributed by atoms with Gasteiger partial charge in [-0.05, 0) is 103 Å². The van der Waals surface area contributed by atoms with Crippen molar-refractivity contribution >= 4 is 47.8 Å². The number of unbranched alkanes of at least 4 members (excludes halogenated alkanes) is 3. The van der Waals surface area contributed by atoms with Crippen molar-refractivity contribution in [3.8, 4) is 0 Å². The molecule has 6 fully saturated rings. The van der Waals surface area contributed by atoms with Crippen LogP contribution in [0.5, 0.6) is 0 Å². The van der Waals surface area contributed by atoms with Crippen molar-refractivity contribution in [1.29, 1.82) is 0 Å². The summed E-state index contributed by atoms with van der Waals surface area (Å²) >= 11 is 0. The zero-order chi connectivity index (χ0) is 52.0. The van der Waals surface area contributed by atoms with Gasteiger partial charge in [-0.25, -0.2) is 19.2 Å². The molecule has 7 aliphatic rings. The number of aliphatic hydroxyl groups excluding tert-OH is 2. The van der Waals surface area contributed by atoms with E-state index in [-0.39, 0.29) is 50.0 Å². The molecule has 7 rings (SSSR count). The molecule has 0 bridgehead atoms. The average molecular weight is 1010 g/mol. The predicted molar refractivity (Wildman–Crippen MR) is 261 cm³/mol. The molecule has 4 saturated carbocycles. The number of rotatable bonds is 16. The van der Waals surface area contributed by atoms with Crippen LogP contribution in [0, 0.1) is 11.8 Å². The molecule has 3 heterocycles. The number of ether oxygens (including phenoxy) is 4. The number of esters is 2. The summed E-state index contributed by atoms with van der Waals surface area (Å²) in [5.74, 6) is -3.44. The fraction of sp³-hybridized carbons (Fsp3) is 0.731. The largest absolute Gasteiger partial charge is 0.467 e. The first kappa shape index (κ1) is 55.8. The van der Waals surface area contributed by atoms with Gasteiger partial charge in [0.1, 0.15) is 47.5 Å². The summed E-state index contributed by atoms with van der Waals surface area (Å²) in [4.78, 5) is 106. The lowest BCUT2D eigenvalue weighted by Gasteiger charge is -2.29. The Hall–Kier alpha value is -5.50. The minimum absolute atomic E-state index is 0.0126. The summed E-state index contributed by atoms with van der Waals surface area (Å²) in [7, 11) is 2.54. The highest BCUT2D eigenvalue weighted by molar-refractivity contribution is 5.98. The van der Waals surface area contributed by atoms with Crippen molar-refractivity contribution in [2.45, 2.75) is 201 Å². The van der Waals surface area contributed by atoms with E-state index in [0.29, 0.717) is 32.1 Å². The quantitative estimate of drug-likeness (QED) is 0.0554. The van der Waals surface area contributed by atoms with E-state index < -0.39 is 95.2 Å². The molecule has 72 heavy (non-hydrogen) atoms. The third-order valence-corrected chi connectivity index (χ3v) is 15.3. The van der Waals surface area contributed by atoms with E-state index in [1.807, 2.05) is 18.2 Å². The van der Waals surface area contributed by atoms with Gasteiger partial charge in [0, 0.05) is 37.8 Å². The summed E-state index contributed by atoms with van der Waals surface area (Å²) in [5, 5.41) is 31.7. The van der Waals surface area contributed by atoms with E-state index in [9.17, 15) is 48.6 Å². The second-order valence-corrected chi connectivity index (χ2v) is 20.6. The highest BCUT2D eigenvalue weighted by atomic mass is 16.6. The lowest BCUT2D eigenvalue weighted by atomic mass is 10.0. The molecule has 10 atom stereocenters. The molecule has 400 valence electrons. The number of amides is 6. The number of nitrogens with one attached hydrogen (secondary N) is 4. The van der Waals surface area contributed by atoms with E-state index >= 15 is 0 Å². The molecule has 0 radical (unpaired) electrons. The maximum absolute atomic E-state index is 13.6. The van der Waals surface area contributed by atoms with Crippen LogP contribution >= 0.6 is 0 Å². The van der Waals surface area contributed by atoms with Gasteiger partial charge in [0.05, 0.1) is 26.4 Å². The molecule has 0 aromatic rings. The number of hydrogen-bond donors (Lipinski definition) is 6. The van der Waals surface area contributed by atoms with Crippen molar-refractivity contribution in [1.82, 2.24) is 31.1 Å². The average Bonchev–Trinajstić information content (AvgIpc) is 3.74. The molecule has 20 nitrogen and oxygen atoms in total. The SMILES string of the molecule is C=CCCCCC[C@H](NC(=O)OC1CCCC1)C(=O)N1C[C@H](O)C[C@H]1C(=O)N[C@]1(C(=O)OC)C[C@H]1C=C.COC(=O)[C@@]12C[C@H]1/C=C\CCCCC[C@H](NC(=O)OC1CCCC1)C(=O)N1C[C@H](O)C[C@H]1C(=O)N2. The van der Waals surface area contributed by atoms with E-state index in [0.717, 1.165) is 96.3 Å². The zero-order valence-corrected chi connectivity index (χ0v) is 42.2. The number of β-amino-alcohol motifs (C(OH)–C–C–N with tert-alkyl or cyclic N) is 1. The Balaban J connectivity index is 0.000000236. The van der Waals surface area contributed by atoms with Crippen LogP contribution in [0.2, 0.25) is 0 Å². The normalized spacial score (nSPS) is 31.3. The van der Waals surface area contributed by atoms with E-state index in [4.69, 9.17) is 18.9 Å². The standard InChI is InChI=1S/C27H41N3O7.C25H37N3O7/c1-4-6-7-8-9-14-21(28-26(35)37-20-12-10-11-13-20)24(33)30-17-19(31)15-22(30)23(32)29-27(25(34)36-3)16-18(27)5-2;1-34-23(32)25-14-16(25)9-5-3-2-4-6-12-19(26-24(33)35-18-10-7-8-11-18)22(31)28-15-17(29)13-20(28)21(30)27-25/h4-5,18-22,31H,1-2,6-17H2,3H3,(H,28,35)(H,29,32);5,9,16-20,29H,2-4,6-8,10-15H2,1H3,(H,26,33)(H,27,30)/b;9-5-/t18-,19-,21+,22+,27-;16-,17-,19+,20+,25-/m11/s1. The molecule has 20 heteroatoms. The van der Waals surface area contributed by atoms with Crippen LogP contribution in [-0.2, 0) is 47.7 Å². The summed E-state index contributed by atoms with van der Waals surface area (Å²) in [6.45, 7) is 7.37. The van der Waals surface area contributed by atoms with Crippen molar-refractivity contribution in [2.75, 3.05) is 27.3 Å². The predicted octanol–water partition coefficient (Wildman–Crippen LogP) is 3.91. The number of aliphatic hydroxyl groups is 2. The number of carbonyl (C=O) groups is 8. The lowest BCUT2D eigenvalue weighted by Crippen LogP contribution is -2.56. The monoisotopic (exact) mass is 1010 g/mol. The number of nitrogens with zero attached hydrogens (tertiary/aromatic N) is 2. The van der Waals surface area contributed by atoms with Gasteiger partial charge in [-0.3, -0.25) is 19.2 Å². The summed E-state index contributed by atoms with van der Waals surface area (Å²) in [6.07, 6.45) is 19.7. The Labute approximate surface area is 422 Å². The minimum atomic E-state index is -1.20. The summed E-state index contributed by atoms with van der Waals surface area (Å²) < 4.78 is 20.9. The number of likely N-dealkylation sites (tertiary alicyclic amines) is 1. The number of hydrogen-bond acceptors (Lipinski definition) is 14. The first-order valence-electron chi connectivity index (χ1n) is 26.2. The van der Waals surface area contributed by atoms with Crippen LogP contribution in [0.1, 0.15) is 141 Å². The van der Waals surface area contributed by atoms with Gasteiger partial charge >= 0.3 is 24.1 Å². The van der Waals surface area contributed by atoms with Gasteiger partial charge < -0.3 is 60.2 Å². The fourth-order valence-corrected chi connectivity index (χ4v) is 11.0. The first-order chi connectivity index (χ1) is 34.6. The van der Waals surface area contributed by atoms with Crippen molar-refractivity contribution in [3.05, 3.63) is 37.5 Å². The number of fused-ring (bicyclic) bond motifs is 2. The summed E-state index contributed by atoms with van der Waals surface area (Å²) in [5.41, 5.74) is -2.35. The first-order valence-corrected chi connectivity index (χ1v) is 26.2. The van der Waals surface area contributed by atoms with Gasteiger partial charge in [0.2, 0.25) is 23.6 Å². The highest BCUT2D eigenvalue weighted by Crippen LogP contribution is 2.47. The Morgan fingerprint density at radius 1 is 0.819 bits per heavy atom. The van der Waals surface area contributed by atoms with Gasteiger partial charge in [-0.1, -0.05) is 50.0 Å². The van der Waals surface area contributed by atoms with Crippen LogP contribution in [-0.4, -0.2) is 155 Å². The van der Waals surface area contributed by atoms with Crippen molar-refractivity contribution < 1.29 is 67.5 Å². The van der Waals surface area contributed by atoms with Gasteiger partial charge in [-0.15, -0.1) is 13.2 Å². The molecule has 0 spiro atoms. The Kier molecular flexibility index (Phi) is 20.1. The number of allylic oxidation sites excluding steroid dienone is 2. The smallest absolute Gasteiger partial charge is 0.408 e. The van der Waals surface area contributed by atoms with Crippen LogP contribution in [0.3, 0.4) is 0 Å². The van der Waals surface area contributed by atoms with Crippen molar-refractivity contribution in [2.24, 2.45) is 11.8 Å². The molecule has 6 amide bonds. The molecule has 4 aliphatic carbocycles. The topological polar surface area (TPSA) is 269 Å². The van der Waals surface area contributed by atoms with Gasteiger partial charge in [0.25, 0.3) is 0 Å². The Bertz CT molecular complexity index is 2010. The fourth-order valence-electron chi connectivity index (χ4n) is 11.0. The molecule has 0 aromatic heterocycles. The molecule has 0 aromatic carbocycles. The molecule has 6 N–H and O–H groups in total. The van der Waals surface area contributed by atoms with Crippen LogP contribution in [0.25, 0.3) is 0 Å². The van der Waals surface area contributed by atoms with Crippen molar-refractivity contribution in [3.63, 3.8) is 0 Å². The number of methoxy groups -OCH3 is 2. The molecule has 2 saturated heterocycles. The maximum atomic E-state index is 13.6. The second kappa shape index (κ2) is 25.9. The van der Waals surface area contributed by atoms with Crippen LogP contribution < -0.4 is 21.3 Å². The second-order valence-electron chi connectivity index (χ2n) is 20.6. The van der Waals surface area contributed by atoms with E-state index in [1.165, 1.54) is 24.0 Å². The van der Waals surface area contributed by atoms with E-state index in [1.54, 1.807) is 6.08 Å². The van der Waals surface area contributed by atoms with Crippen LogP contribution in [0.4, 0.5) is 9.59 Å². The number of carbonyl (C=O) groups excluding carboxylic acids is 8. The number of alkyl carbamates (subject to hydrolysis) is 2. The zero-order valence-electron chi connectivity index (χ0n) is 42.2. The third kappa shape index (κ3) is 14.2. The van der Waals surface area contributed by atoms with Gasteiger partial charge in [0.15, 0.2) is 0 Å². The summed E-state index contributed by atoms with van der Waals surface area (Å²) in [6, 6.07) is -3.67. The Morgan fingerprint density at radius 2 is 1.47 bits per heavy atom. The molecular formula is C52H78N6O14. The van der Waals surface area contributed by atoms with Crippen LogP contribution in [0.15, 0.2) is 37.5 Å². The van der Waals surface area contributed by atoms with E-state index in [2.05, 4.69) is 34.4 Å². The Morgan fingerprint density at radius 3 is 2.11 bits per heavy atom. The molecule has 0 unspecified atom stereocenters. The molecular weight excluding hydrogens is 933 g/mol. The van der Waals surface area contributed by atoms with Gasteiger partial charge in [-0.2, -0.15) is 0 Å². The minimum Gasteiger partial charge on any atom is -0.467 e. The molecule has 3 aliphatic heterocycles. The third-order valence-electron chi connectivity index (χ3n) is 15.3. The lowest BCUT2D eigenvalue weighted by molar-refractivity contribution is -0.148. The highest BCUT2D eigenvalue weighted by Gasteiger charge is 2.63. The maximum Gasteiger partial charge on any atom is 0.408 e.